The largest absolute Gasteiger partial charge is 0.390 e. The van der Waals surface area contributed by atoms with Gasteiger partial charge < -0.3 is 14.8 Å². The van der Waals surface area contributed by atoms with E-state index in [0.717, 1.165) is 83.5 Å². The molecule has 1 aromatic heterocycles. The summed E-state index contributed by atoms with van der Waals surface area (Å²) in [5.41, 5.74) is -2.91. The average molecular weight is 848 g/mol. The number of imidazole rings is 1. The molecule has 0 spiro atoms. The Bertz CT molecular complexity index is 2080. The summed E-state index contributed by atoms with van der Waals surface area (Å²) in [6.07, 6.45) is 10.9. The van der Waals surface area contributed by atoms with Crippen molar-refractivity contribution in [3.8, 4) is 0 Å². The van der Waals surface area contributed by atoms with E-state index in [1.165, 1.54) is 18.4 Å². The Hall–Kier alpha value is -1.05. The summed E-state index contributed by atoms with van der Waals surface area (Å²) in [6, 6.07) is 0. The zero-order chi connectivity index (χ0) is 48.8. The number of alkyl halides is 1. The molecule has 1 heterocycles. The van der Waals surface area contributed by atoms with Crippen molar-refractivity contribution in [1.29, 1.82) is 0 Å². The first-order valence-electron chi connectivity index (χ1n) is 27.4. The first-order valence-corrected chi connectivity index (χ1v) is 23.2. The van der Waals surface area contributed by atoms with E-state index in [1.54, 1.807) is 0 Å². The van der Waals surface area contributed by atoms with Gasteiger partial charge in [0.25, 0.3) is 0 Å². The number of carbonyl (C=O) groups is 2. The van der Waals surface area contributed by atoms with Crippen LogP contribution < -0.4 is 0 Å². The maximum atomic E-state index is 13.5. The minimum Gasteiger partial charge on any atom is -0.390 e. The lowest BCUT2D eigenvalue weighted by Crippen LogP contribution is -2.56. The van der Waals surface area contributed by atoms with Crippen LogP contribution in [0.4, 0.5) is 0 Å². The maximum Gasteiger partial charge on any atom is 0.156 e. The van der Waals surface area contributed by atoms with Crippen molar-refractivity contribution in [3.63, 3.8) is 0 Å². The second kappa shape index (κ2) is 15.1. The Morgan fingerprint density at radius 1 is 0.714 bits per heavy atom. The smallest absolute Gasteiger partial charge is 0.156 e. The van der Waals surface area contributed by atoms with Gasteiger partial charge in [0.2, 0.25) is 0 Å². The minimum atomic E-state index is -2.17. The highest BCUT2D eigenvalue weighted by Crippen LogP contribution is 2.70. The number of hydrogen-bond acceptors (Lipinski definition) is 5. The number of aromatic nitrogens is 2. The van der Waals surface area contributed by atoms with Crippen molar-refractivity contribution in [2.24, 2.45) is 80.8 Å². The molecular weight excluding hydrogens is 760 g/mol. The average Bonchev–Trinajstić information content (AvgIpc) is 3.80. The Balaban J connectivity index is 0.000000181. The van der Waals surface area contributed by atoms with E-state index in [0.29, 0.717) is 73.5 Å². The summed E-state index contributed by atoms with van der Waals surface area (Å²) in [7, 11) is 0. The number of nitrogens with zero attached hydrogens (tertiary/aromatic N) is 2. The molecule has 8 fully saturated rings. The van der Waals surface area contributed by atoms with E-state index in [9.17, 15) is 19.8 Å². The number of halogens is 1. The molecule has 8 saturated carbocycles. The van der Waals surface area contributed by atoms with E-state index < -0.39 is 46.3 Å². The third-order valence-corrected chi connectivity index (χ3v) is 20.0. The lowest BCUT2D eigenvalue weighted by atomic mass is 9.43. The molecule has 7 heteroatoms. The van der Waals surface area contributed by atoms with Gasteiger partial charge in [-0.1, -0.05) is 57.5 Å². The zero-order valence-electron chi connectivity index (χ0n) is 45.1. The Kier molecular flexibility index (Phi) is 8.35. The molecule has 0 unspecified atom stereocenters. The monoisotopic (exact) mass is 847 g/mol. The van der Waals surface area contributed by atoms with Crippen LogP contribution in [0.1, 0.15) is 184 Å². The molecule has 0 aromatic carbocycles. The molecule has 0 aliphatic heterocycles. The summed E-state index contributed by atoms with van der Waals surface area (Å²) in [5, 5.41) is 20.1. The number of Topliss-reactive ketones (excluding diaryl/α,β-unsaturated/α-hetero) is 2. The van der Waals surface area contributed by atoms with Gasteiger partial charge in [0, 0.05) is 33.8 Å². The van der Waals surface area contributed by atoms with Crippen molar-refractivity contribution in [3.05, 3.63) is 18.6 Å². The van der Waals surface area contributed by atoms with Gasteiger partial charge in [-0.15, -0.1) is 0 Å². The van der Waals surface area contributed by atoms with Gasteiger partial charge in [0.15, 0.2) is 5.78 Å². The van der Waals surface area contributed by atoms with Crippen molar-refractivity contribution in [2.45, 2.75) is 188 Å². The fraction of sp³-hybridized carbons (Fsp3) is 0.898. The Labute approximate surface area is 362 Å². The third-order valence-electron chi connectivity index (χ3n) is 19.6. The van der Waals surface area contributed by atoms with E-state index in [2.05, 4.69) is 48.6 Å². The highest BCUT2D eigenvalue weighted by atomic mass is 79.9. The first-order chi connectivity index (χ1) is 30.2. The Morgan fingerprint density at radius 2 is 1.23 bits per heavy atom. The van der Waals surface area contributed by atoms with Crippen LogP contribution >= 0.6 is 15.9 Å². The van der Waals surface area contributed by atoms with Crippen LogP contribution in [-0.2, 0) is 16.1 Å². The van der Waals surface area contributed by atoms with Crippen molar-refractivity contribution in [2.75, 3.05) is 5.28 Å². The van der Waals surface area contributed by atoms with Gasteiger partial charge in [-0.2, -0.15) is 0 Å². The van der Waals surface area contributed by atoms with Gasteiger partial charge in [-0.3, -0.25) is 9.59 Å². The molecule has 2 N–H and O–H groups in total. The second-order valence-corrected chi connectivity index (χ2v) is 21.7. The molecule has 56 heavy (non-hydrogen) atoms. The summed E-state index contributed by atoms with van der Waals surface area (Å²) in [4.78, 5) is 30.2. The molecule has 0 bridgehead atoms. The van der Waals surface area contributed by atoms with E-state index in [4.69, 9.17) is 13.7 Å². The predicted molar refractivity (Wildman–Crippen MR) is 227 cm³/mol. The highest BCUT2D eigenvalue weighted by molar-refractivity contribution is 9.09. The van der Waals surface area contributed by atoms with Gasteiger partial charge in [0.1, 0.15) is 7.15 Å². The van der Waals surface area contributed by atoms with Gasteiger partial charge >= 0.3 is 0 Å². The molecule has 8 aliphatic carbocycles. The first kappa shape index (κ1) is 30.9. The quantitative estimate of drug-likeness (QED) is 0.267. The topological polar surface area (TPSA) is 92.4 Å². The molecule has 0 amide bonds. The van der Waals surface area contributed by atoms with Crippen molar-refractivity contribution in [1.82, 2.24) is 9.55 Å². The van der Waals surface area contributed by atoms with Crippen LogP contribution in [0, 0.1) is 80.8 Å². The van der Waals surface area contributed by atoms with Gasteiger partial charge in [-0.25, -0.2) is 4.98 Å². The molecule has 6 nitrogen and oxygen atoms in total. The lowest BCUT2D eigenvalue weighted by molar-refractivity contribution is -0.154. The van der Waals surface area contributed by atoms with E-state index >= 15 is 0 Å². The van der Waals surface area contributed by atoms with Crippen LogP contribution in [0.2, 0.25) is 0 Å². The number of rotatable bonds is 7. The standard InChI is InChI=1S/C26H40N2O2.C23H37BrO2/c1-4-26(30)12-11-24(2)18(15-26)5-6-19-20-7-8-22(25(20,3)10-9-21(19)24)23(29)16-28-14-13-27-17-28;1-4-23(26)12-11-21(2)15(13-23)5-6-16-17-7-8-19(20(25)14-24)22(17,3)10-9-18(16)21/h13-14,17-22,30H,4-12,15-16H2,1-3H3;15-19,26H,4-14H2,1-3H3/t18-,19-,20-,21-,22+,24-,25-,26+;15-,16-,17-,18-,19+,21-,22-,23+/m00/s1/i4D2,13D,14D,17D;4D2,14D2,19D. The number of hydrogen-bond donors (Lipinski definition) is 2. The minimum absolute atomic E-state index is 0.0397. The predicted octanol–water partition coefficient (Wildman–Crippen LogP) is 11.0. The summed E-state index contributed by atoms with van der Waals surface area (Å²) >= 11 is 2.89. The van der Waals surface area contributed by atoms with Gasteiger partial charge in [-0.05, 0) is 197 Å². The molecule has 314 valence electrons. The van der Waals surface area contributed by atoms with Crippen LogP contribution in [0.5, 0.6) is 0 Å². The SMILES string of the molecule is [2H]C([2H])(Br)C(=O)[C@@]1([2H])CC[C@H]2[C@@H]3CC[C@H]4C[C@@](O)(C([2H])([2H])C)CC[C@]4(C)[C@H]3CC[C@@]21C.[2H]c1nc([2H])n(CC(=O)[C@H]2CC[C@H]3[C@@H]4CC[C@H]5C[C@@](O)(C([2H])([2H])C)CC[C@]5(C)[C@H]4CC[C@]23C)c1[2H]. The van der Waals surface area contributed by atoms with E-state index in [1.807, 2.05) is 0 Å². The molecule has 9 rings (SSSR count). The lowest BCUT2D eigenvalue weighted by Gasteiger charge is -2.62. The number of carbonyl (C=O) groups excluding carboxylic acids is 2. The molecule has 16 atom stereocenters. The number of aliphatic hydroxyl groups is 2. The second-order valence-electron chi connectivity index (χ2n) is 21.3. The molecule has 8 aliphatic rings. The number of fused-ring (bicyclic) bond motifs is 10. The number of ketones is 2. The molecular formula is C49H77BrN2O4. The fourth-order valence-corrected chi connectivity index (χ4v) is 16.5. The van der Waals surface area contributed by atoms with Crippen molar-refractivity contribution >= 4 is 27.5 Å². The molecule has 0 radical (unpaired) electrons. The summed E-state index contributed by atoms with van der Waals surface area (Å²) < 4.78 is 82.6. The summed E-state index contributed by atoms with van der Waals surface area (Å²) in [6.45, 7) is 12.1. The van der Waals surface area contributed by atoms with Crippen LogP contribution in [0.15, 0.2) is 18.6 Å². The van der Waals surface area contributed by atoms with Crippen LogP contribution in [-0.4, -0.2) is 47.8 Å². The Morgan fingerprint density at radius 3 is 1.75 bits per heavy atom. The maximum absolute atomic E-state index is 13.5. The molecule has 1 aromatic rings. The normalized spacial score (nSPS) is 55.2. The fourth-order valence-electron chi connectivity index (χ4n) is 16.3. The molecule has 0 saturated heterocycles. The van der Waals surface area contributed by atoms with Crippen LogP contribution in [0.3, 0.4) is 0 Å². The summed E-state index contributed by atoms with van der Waals surface area (Å²) in [5.74, 6) is 1.34. The van der Waals surface area contributed by atoms with Gasteiger partial charge in [0.05, 0.1) is 32.1 Å². The zero-order valence-corrected chi connectivity index (χ0v) is 36.7. The van der Waals surface area contributed by atoms with Crippen LogP contribution in [0.25, 0.3) is 0 Å². The third kappa shape index (κ3) is 6.71. The van der Waals surface area contributed by atoms with E-state index in [-0.39, 0.29) is 59.1 Å². The highest BCUT2D eigenvalue weighted by Gasteiger charge is 2.63. The van der Waals surface area contributed by atoms with Crippen molar-refractivity contribution < 1.29 is 33.5 Å².